The van der Waals surface area contributed by atoms with Gasteiger partial charge in [-0.3, -0.25) is 9.32 Å². The molecule has 1 N–H and O–H groups in total. The molecule has 3 aromatic rings. The van der Waals surface area contributed by atoms with E-state index < -0.39 is 5.63 Å². The molecule has 0 unspecified atom stereocenters. The zero-order valence-corrected chi connectivity index (χ0v) is 12.7. The zero-order chi connectivity index (χ0) is 15.5. The van der Waals surface area contributed by atoms with E-state index >= 15 is 0 Å². The van der Waals surface area contributed by atoms with Gasteiger partial charge in [-0.2, -0.15) is 0 Å². The molecule has 0 bridgehead atoms. The Morgan fingerprint density at radius 3 is 2.73 bits per heavy atom. The van der Waals surface area contributed by atoms with Gasteiger partial charge in [0.15, 0.2) is 0 Å². The van der Waals surface area contributed by atoms with Crippen molar-refractivity contribution in [2.75, 3.05) is 7.05 Å². The highest BCUT2D eigenvalue weighted by atomic mass is 32.1. The normalized spacial score (nSPS) is 10.6. The summed E-state index contributed by atoms with van der Waals surface area (Å²) in [5.41, 5.74) is 0.633. The van der Waals surface area contributed by atoms with Gasteiger partial charge in [0.25, 0.3) is 5.91 Å². The molecule has 3 rings (SSSR count). The zero-order valence-electron chi connectivity index (χ0n) is 11.9. The maximum Gasteiger partial charge on any atom is 0.432 e. The number of H-pyrrole nitrogens is 1. The molecule has 1 aromatic carbocycles. The van der Waals surface area contributed by atoms with Crippen LogP contribution in [-0.4, -0.2) is 23.1 Å². The van der Waals surface area contributed by atoms with Crippen LogP contribution >= 0.6 is 11.3 Å². The lowest BCUT2D eigenvalue weighted by atomic mass is 10.3. The molecule has 0 saturated heterocycles. The number of carbonyl (C=O) groups excluding carboxylic acids is 1. The number of nitrogens with zero attached hydrogens (tertiary/aromatic N) is 2. The molecule has 0 fully saturated rings. The third-order valence-corrected chi connectivity index (χ3v) is 4.07. The lowest BCUT2D eigenvalue weighted by molar-refractivity contribution is -0.678. The number of thiophene rings is 1. The summed E-state index contributed by atoms with van der Waals surface area (Å²) in [7, 11) is 1.66. The van der Waals surface area contributed by atoms with Crippen molar-refractivity contribution in [1.29, 1.82) is 0 Å². The van der Waals surface area contributed by atoms with Gasteiger partial charge in [0.2, 0.25) is 5.69 Å². The van der Waals surface area contributed by atoms with Crippen LogP contribution in [0.3, 0.4) is 0 Å². The Morgan fingerprint density at radius 2 is 2.05 bits per heavy atom. The number of nitrogens with one attached hydrogen (secondary N) is 1. The molecule has 0 spiro atoms. The molecular formula is C15H14N3O3S+. The first-order valence-electron chi connectivity index (χ1n) is 6.63. The van der Waals surface area contributed by atoms with Gasteiger partial charge in [0, 0.05) is 19.2 Å². The third kappa shape index (κ3) is 2.71. The number of carbonyl (C=O) groups is 1. The Kier molecular flexibility index (Phi) is 3.88. The minimum absolute atomic E-state index is 0.129. The van der Waals surface area contributed by atoms with Gasteiger partial charge in [-0.25, -0.2) is 4.79 Å². The van der Waals surface area contributed by atoms with Crippen molar-refractivity contribution in [3.05, 3.63) is 68.8 Å². The first kappa shape index (κ1) is 14.3. The fraction of sp³-hybridized carbons (Fsp3) is 0.133. The van der Waals surface area contributed by atoms with Gasteiger partial charge in [0.1, 0.15) is 6.54 Å². The number of hydrogen-bond donors (Lipinski definition) is 1. The van der Waals surface area contributed by atoms with E-state index in [4.69, 9.17) is 4.52 Å². The Bertz CT molecular complexity index is 821. The lowest BCUT2D eigenvalue weighted by Crippen LogP contribution is -2.42. The smallest absolute Gasteiger partial charge is 0.330 e. The molecule has 0 atom stereocenters. The summed E-state index contributed by atoms with van der Waals surface area (Å²) in [4.78, 5) is 26.3. The van der Waals surface area contributed by atoms with E-state index in [0.29, 0.717) is 10.6 Å². The molecule has 0 saturated carbocycles. The summed E-state index contributed by atoms with van der Waals surface area (Å²) in [6.45, 7) is 0.150. The van der Waals surface area contributed by atoms with Crippen LogP contribution in [0.4, 0.5) is 0 Å². The molecular weight excluding hydrogens is 302 g/mol. The number of benzene rings is 1. The predicted octanol–water partition coefficient (Wildman–Crippen LogP) is 1.58. The van der Waals surface area contributed by atoms with Gasteiger partial charge >= 0.3 is 11.3 Å². The Balaban J connectivity index is 1.88. The minimum Gasteiger partial charge on any atom is -0.330 e. The second kappa shape index (κ2) is 5.98. The first-order chi connectivity index (χ1) is 10.7. The SMILES string of the molecule is CN(Cc1c(=O)o[nH][n+]1-c1ccccc1)C(=O)c1cccs1. The van der Waals surface area contributed by atoms with Gasteiger partial charge in [-0.1, -0.05) is 24.3 Å². The van der Waals surface area contributed by atoms with Crippen LogP contribution in [0.2, 0.25) is 0 Å². The minimum atomic E-state index is -0.491. The molecule has 2 heterocycles. The van der Waals surface area contributed by atoms with Crippen molar-refractivity contribution in [1.82, 2.24) is 10.2 Å². The maximum atomic E-state index is 12.3. The van der Waals surface area contributed by atoms with Crippen LogP contribution in [0.5, 0.6) is 0 Å². The van der Waals surface area contributed by atoms with Crippen molar-refractivity contribution in [2.24, 2.45) is 0 Å². The van der Waals surface area contributed by atoms with Crippen LogP contribution in [0, 0.1) is 0 Å². The summed E-state index contributed by atoms with van der Waals surface area (Å²) in [6, 6.07) is 12.9. The van der Waals surface area contributed by atoms with Crippen molar-refractivity contribution in [3.8, 4) is 5.69 Å². The summed E-state index contributed by atoms with van der Waals surface area (Å²) >= 11 is 1.37. The monoisotopic (exact) mass is 316 g/mol. The molecule has 112 valence electrons. The second-order valence-electron chi connectivity index (χ2n) is 4.74. The van der Waals surface area contributed by atoms with Crippen molar-refractivity contribution in [2.45, 2.75) is 6.54 Å². The molecule has 0 radical (unpaired) electrons. The average Bonchev–Trinajstić information content (AvgIpc) is 3.18. The lowest BCUT2D eigenvalue weighted by Gasteiger charge is -2.12. The molecule has 6 nitrogen and oxygen atoms in total. The topological polar surface area (TPSA) is 70.2 Å². The third-order valence-electron chi connectivity index (χ3n) is 3.22. The molecule has 7 heteroatoms. The van der Waals surface area contributed by atoms with Gasteiger partial charge in [-0.15, -0.1) is 11.3 Å². The van der Waals surface area contributed by atoms with Crippen molar-refractivity contribution in [3.63, 3.8) is 0 Å². The summed E-state index contributed by atoms with van der Waals surface area (Å²) < 4.78 is 6.41. The second-order valence-corrected chi connectivity index (χ2v) is 5.68. The number of aromatic amines is 1. The van der Waals surface area contributed by atoms with E-state index in [2.05, 4.69) is 5.27 Å². The summed E-state index contributed by atoms with van der Waals surface area (Å²) in [5, 5.41) is 4.41. The number of rotatable bonds is 4. The molecule has 0 aliphatic carbocycles. The Morgan fingerprint density at radius 1 is 1.27 bits per heavy atom. The van der Waals surface area contributed by atoms with Crippen LogP contribution < -0.4 is 10.3 Å². The molecule has 0 aliphatic rings. The molecule has 2 aromatic heterocycles. The van der Waals surface area contributed by atoms with Crippen LogP contribution in [0.1, 0.15) is 15.4 Å². The fourth-order valence-electron chi connectivity index (χ4n) is 2.10. The van der Waals surface area contributed by atoms with E-state index in [-0.39, 0.29) is 12.5 Å². The maximum absolute atomic E-state index is 12.3. The highest BCUT2D eigenvalue weighted by Crippen LogP contribution is 2.12. The number of para-hydroxylation sites is 1. The largest absolute Gasteiger partial charge is 0.432 e. The Labute approximate surface area is 130 Å². The standard InChI is InChI=1S/C15H13N3O3S/c1-17(14(19)13-8-5-9-22-13)10-12-15(20)21-16-18(12)11-6-3-2-4-7-11/h2-9H,10H2,1H3/p+1. The highest BCUT2D eigenvalue weighted by Gasteiger charge is 2.26. The predicted molar refractivity (Wildman–Crippen MR) is 81.0 cm³/mol. The summed E-state index contributed by atoms with van der Waals surface area (Å²) in [6.07, 6.45) is 0. The fourth-order valence-corrected chi connectivity index (χ4v) is 2.82. The molecule has 1 amide bonds. The van der Waals surface area contributed by atoms with Crippen LogP contribution in [0.25, 0.3) is 5.69 Å². The molecule has 0 aliphatic heterocycles. The van der Waals surface area contributed by atoms with E-state index in [0.717, 1.165) is 5.69 Å². The number of aromatic nitrogens is 2. The van der Waals surface area contributed by atoms with Gasteiger partial charge in [0.05, 0.1) is 4.88 Å². The van der Waals surface area contributed by atoms with E-state index in [1.165, 1.54) is 16.2 Å². The highest BCUT2D eigenvalue weighted by molar-refractivity contribution is 7.12. The van der Waals surface area contributed by atoms with E-state index in [1.54, 1.807) is 17.8 Å². The van der Waals surface area contributed by atoms with Gasteiger partial charge < -0.3 is 4.90 Å². The van der Waals surface area contributed by atoms with Crippen LogP contribution in [0.15, 0.2) is 57.2 Å². The number of amides is 1. The van der Waals surface area contributed by atoms with E-state index in [1.807, 2.05) is 41.8 Å². The number of hydrogen-bond acceptors (Lipinski definition) is 4. The van der Waals surface area contributed by atoms with Crippen LogP contribution in [-0.2, 0) is 6.54 Å². The quantitative estimate of drug-likeness (QED) is 0.743. The summed E-state index contributed by atoms with van der Waals surface area (Å²) in [5.74, 6) is -0.129. The van der Waals surface area contributed by atoms with E-state index in [9.17, 15) is 9.59 Å². The Hall–Kier alpha value is -2.67. The van der Waals surface area contributed by atoms with Gasteiger partial charge in [-0.05, 0) is 21.4 Å². The molecule has 22 heavy (non-hydrogen) atoms. The first-order valence-corrected chi connectivity index (χ1v) is 7.51. The van der Waals surface area contributed by atoms with Crippen molar-refractivity contribution < 1.29 is 14.0 Å². The average molecular weight is 316 g/mol. The van der Waals surface area contributed by atoms with Crippen molar-refractivity contribution >= 4 is 17.2 Å².